The van der Waals surface area contributed by atoms with Gasteiger partial charge < -0.3 is 15.4 Å². The topological polar surface area (TPSA) is 87.7 Å². The molecule has 2 aromatic carbocycles. The summed E-state index contributed by atoms with van der Waals surface area (Å²) in [6.45, 7) is 1.02. The van der Waals surface area contributed by atoms with Crippen LogP contribution in [0.1, 0.15) is 24.0 Å². The van der Waals surface area contributed by atoms with Crippen LogP contribution in [0.4, 0.5) is 10.5 Å². The fourth-order valence-electron chi connectivity index (χ4n) is 4.01. The van der Waals surface area contributed by atoms with E-state index in [1.807, 2.05) is 0 Å². The average Bonchev–Trinajstić information content (AvgIpc) is 3.06. The number of carbonyl (C=O) groups is 3. The molecule has 2 heterocycles. The van der Waals surface area contributed by atoms with Gasteiger partial charge >= 0.3 is 6.03 Å². The number of amides is 4. The maximum atomic E-state index is 13.5. The monoisotopic (exact) mass is 461 g/mol. The van der Waals surface area contributed by atoms with Crippen LogP contribution in [0, 0.1) is 0 Å². The summed E-state index contributed by atoms with van der Waals surface area (Å²) in [5.41, 5.74) is 1.18. The molecule has 2 fully saturated rings. The van der Waals surface area contributed by atoms with E-state index in [1.54, 1.807) is 42.5 Å². The SMILES string of the molecule is O=C1CNC(=O)N1Cc1cccc(NC(=O)C2(c3ccc(Cl)cc3Cl)CCOCC2)c1. The zero-order valence-corrected chi connectivity index (χ0v) is 18.1. The van der Waals surface area contributed by atoms with E-state index < -0.39 is 11.4 Å². The van der Waals surface area contributed by atoms with E-state index in [-0.39, 0.29) is 24.9 Å². The quantitative estimate of drug-likeness (QED) is 0.663. The van der Waals surface area contributed by atoms with Crippen molar-refractivity contribution in [3.05, 3.63) is 63.6 Å². The molecule has 0 saturated carbocycles. The lowest BCUT2D eigenvalue weighted by atomic mass is 9.73. The minimum Gasteiger partial charge on any atom is -0.381 e. The fourth-order valence-corrected chi connectivity index (χ4v) is 4.60. The molecule has 162 valence electrons. The third kappa shape index (κ3) is 4.39. The van der Waals surface area contributed by atoms with E-state index in [2.05, 4.69) is 10.6 Å². The first kappa shape index (κ1) is 21.6. The van der Waals surface area contributed by atoms with Crippen molar-refractivity contribution in [1.82, 2.24) is 10.2 Å². The fraction of sp³-hybridized carbons (Fsp3) is 0.318. The number of nitrogens with one attached hydrogen (secondary N) is 2. The maximum absolute atomic E-state index is 13.5. The molecule has 9 heteroatoms. The highest BCUT2D eigenvalue weighted by Crippen LogP contribution is 2.40. The second-order valence-electron chi connectivity index (χ2n) is 7.61. The number of carbonyl (C=O) groups excluding carboxylic acids is 3. The summed E-state index contributed by atoms with van der Waals surface area (Å²) in [5, 5.41) is 6.43. The van der Waals surface area contributed by atoms with Gasteiger partial charge in [-0.3, -0.25) is 14.5 Å². The zero-order chi connectivity index (χ0) is 22.0. The van der Waals surface area contributed by atoms with Crippen LogP contribution in [0.2, 0.25) is 10.0 Å². The molecule has 2 aromatic rings. The molecule has 2 N–H and O–H groups in total. The molecule has 2 aliphatic heterocycles. The standard InChI is InChI=1S/C22H21Cl2N3O4/c23-15-4-5-17(18(24)11-15)22(6-8-31-9-7-22)20(29)26-16-3-1-2-14(10-16)13-27-19(28)12-25-21(27)30/h1-5,10-11H,6-9,12-13H2,(H,25,30)(H,26,29). The van der Waals surface area contributed by atoms with Gasteiger partial charge in [0.15, 0.2) is 0 Å². The highest BCUT2D eigenvalue weighted by molar-refractivity contribution is 6.35. The summed E-state index contributed by atoms with van der Waals surface area (Å²) in [6.07, 6.45) is 0.977. The number of hydrogen-bond donors (Lipinski definition) is 2. The number of imide groups is 1. The minimum atomic E-state index is -0.846. The Balaban J connectivity index is 1.58. The first-order valence-corrected chi connectivity index (χ1v) is 10.7. The second-order valence-corrected chi connectivity index (χ2v) is 8.46. The van der Waals surface area contributed by atoms with Crippen LogP contribution in [0.15, 0.2) is 42.5 Å². The molecular weight excluding hydrogens is 441 g/mol. The molecule has 7 nitrogen and oxygen atoms in total. The van der Waals surface area contributed by atoms with Gasteiger partial charge in [-0.15, -0.1) is 0 Å². The number of hydrogen-bond acceptors (Lipinski definition) is 4. The summed E-state index contributed by atoms with van der Waals surface area (Å²) >= 11 is 12.5. The Hall–Kier alpha value is -2.61. The minimum absolute atomic E-state index is 0.00169. The number of nitrogens with zero attached hydrogens (tertiary/aromatic N) is 1. The van der Waals surface area contributed by atoms with Crippen molar-refractivity contribution in [2.75, 3.05) is 25.1 Å². The van der Waals surface area contributed by atoms with Crippen LogP contribution < -0.4 is 10.6 Å². The van der Waals surface area contributed by atoms with Crippen molar-refractivity contribution in [3.8, 4) is 0 Å². The number of ether oxygens (including phenoxy) is 1. The molecule has 0 atom stereocenters. The molecule has 0 spiro atoms. The molecule has 2 aliphatic rings. The molecule has 0 radical (unpaired) electrons. The Morgan fingerprint density at radius 3 is 2.58 bits per heavy atom. The maximum Gasteiger partial charge on any atom is 0.324 e. The highest BCUT2D eigenvalue weighted by Gasteiger charge is 2.43. The normalized spacial score (nSPS) is 18.1. The number of anilines is 1. The Morgan fingerprint density at radius 1 is 1.13 bits per heavy atom. The number of benzene rings is 2. The van der Waals surface area contributed by atoms with E-state index in [0.29, 0.717) is 41.8 Å². The van der Waals surface area contributed by atoms with Gasteiger partial charge in [-0.2, -0.15) is 0 Å². The zero-order valence-electron chi connectivity index (χ0n) is 16.6. The van der Waals surface area contributed by atoms with Crippen molar-refractivity contribution in [3.63, 3.8) is 0 Å². The lowest BCUT2D eigenvalue weighted by molar-refractivity contribution is -0.126. The Labute approximate surface area is 189 Å². The molecule has 4 amide bonds. The van der Waals surface area contributed by atoms with E-state index >= 15 is 0 Å². The molecule has 4 rings (SSSR count). The molecule has 0 aromatic heterocycles. The molecular formula is C22H21Cl2N3O4. The van der Waals surface area contributed by atoms with E-state index in [9.17, 15) is 14.4 Å². The van der Waals surface area contributed by atoms with Gasteiger partial charge in [0.25, 0.3) is 0 Å². The summed E-state index contributed by atoms with van der Waals surface area (Å²) in [6, 6.07) is 11.8. The van der Waals surface area contributed by atoms with Crippen LogP contribution in [-0.2, 0) is 26.3 Å². The molecule has 0 unspecified atom stereocenters. The third-order valence-electron chi connectivity index (χ3n) is 5.69. The van der Waals surface area contributed by atoms with Gasteiger partial charge in [-0.05, 0) is 48.2 Å². The average molecular weight is 462 g/mol. The Bertz CT molecular complexity index is 1020. The van der Waals surface area contributed by atoms with E-state index in [0.717, 1.165) is 16.0 Å². The van der Waals surface area contributed by atoms with Crippen molar-refractivity contribution < 1.29 is 19.1 Å². The molecule has 0 bridgehead atoms. The second kappa shape index (κ2) is 8.86. The van der Waals surface area contributed by atoms with Crippen molar-refractivity contribution in [1.29, 1.82) is 0 Å². The van der Waals surface area contributed by atoms with Crippen LogP contribution in [0.5, 0.6) is 0 Å². The summed E-state index contributed by atoms with van der Waals surface area (Å²) in [4.78, 5) is 38.3. The number of rotatable bonds is 5. The predicted molar refractivity (Wildman–Crippen MR) is 117 cm³/mol. The highest BCUT2D eigenvalue weighted by atomic mass is 35.5. The van der Waals surface area contributed by atoms with E-state index in [4.69, 9.17) is 27.9 Å². The number of urea groups is 1. The third-order valence-corrected chi connectivity index (χ3v) is 6.24. The van der Waals surface area contributed by atoms with Gasteiger partial charge in [0, 0.05) is 28.9 Å². The van der Waals surface area contributed by atoms with Gasteiger partial charge in [-0.1, -0.05) is 41.4 Å². The summed E-state index contributed by atoms with van der Waals surface area (Å²) < 4.78 is 5.50. The van der Waals surface area contributed by atoms with Crippen molar-refractivity contribution in [2.24, 2.45) is 0 Å². The van der Waals surface area contributed by atoms with Gasteiger partial charge in [0.1, 0.15) is 0 Å². The van der Waals surface area contributed by atoms with Crippen LogP contribution >= 0.6 is 23.2 Å². The van der Waals surface area contributed by atoms with Crippen molar-refractivity contribution >= 4 is 46.7 Å². The Morgan fingerprint density at radius 2 is 1.90 bits per heavy atom. The summed E-state index contributed by atoms with van der Waals surface area (Å²) in [5.74, 6) is -0.467. The van der Waals surface area contributed by atoms with Crippen LogP contribution in [0.3, 0.4) is 0 Å². The number of halogens is 2. The molecule has 2 saturated heterocycles. The predicted octanol–water partition coefficient (Wildman–Crippen LogP) is 3.73. The van der Waals surface area contributed by atoms with Crippen molar-refractivity contribution in [2.45, 2.75) is 24.8 Å². The molecule has 0 aliphatic carbocycles. The van der Waals surface area contributed by atoms with E-state index in [1.165, 1.54) is 0 Å². The lowest BCUT2D eigenvalue weighted by Crippen LogP contribution is -2.45. The first-order valence-electron chi connectivity index (χ1n) is 9.91. The van der Waals surface area contributed by atoms with Crippen LogP contribution in [0.25, 0.3) is 0 Å². The largest absolute Gasteiger partial charge is 0.381 e. The van der Waals surface area contributed by atoms with Gasteiger partial charge in [-0.25, -0.2) is 4.79 Å². The smallest absolute Gasteiger partial charge is 0.324 e. The van der Waals surface area contributed by atoms with Crippen LogP contribution in [-0.4, -0.2) is 42.5 Å². The molecule has 31 heavy (non-hydrogen) atoms. The first-order chi connectivity index (χ1) is 14.9. The van der Waals surface area contributed by atoms with Gasteiger partial charge in [0.05, 0.1) is 18.5 Å². The lowest BCUT2D eigenvalue weighted by Gasteiger charge is -2.37. The Kier molecular flexibility index (Phi) is 6.18. The summed E-state index contributed by atoms with van der Waals surface area (Å²) in [7, 11) is 0. The van der Waals surface area contributed by atoms with Gasteiger partial charge in [0.2, 0.25) is 11.8 Å².